The fraction of sp³-hybridized carbons (Fsp3) is 0.500. The van der Waals surface area contributed by atoms with E-state index in [9.17, 15) is 8.42 Å². The number of likely N-dealkylation sites (tertiary alicyclic amines) is 1. The first-order valence-corrected chi connectivity index (χ1v) is 8.32. The number of benzene rings is 1. The van der Waals surface area contributed by atoms with Crippen LogP contribution in [0.25, 0.3) is 0 Å². The molecule has 3 N–H and O–H groups in total. The van der Waals surface area contributed by atoms with Crippen LogP contribution in [-0.4, -0.2) is 39.5 Å². The lowest BCUT2D eigenvalue weighted by atomic mass is 9.95. The summed E-state index contributed by atoms with van der Waals surface area (Å²) < 4.78 is 27.7. The van der Waals surface area contributed by atoms with E-state index >= 15 is 0 Å². The van der Waals surface area contributed by atoms with Crippen LogP contribution in [0, 0.1) is 17.2 Å². The van der Waals surface area contributed by atoms with Gasteiger partial charge in [0, 0.05) is 18.3 Å². The fourth-order valence-corrected chi connectivity index (χ4v) is 4.18. The molecule has 6 nitrogen and oxygen atoms in total. The van der Waals surface area contributed by atoms with E-state index in [1.54, 1.807) is 0 Å². The molecule has 0 saturated carbocycles. The summed E-state index contributed by atoms with van der Waals surface area (Å²) >= 11 is 0. The SMILES string of the molecule is CC1CN(C)CCC1NS(=O)(=O)c1ccc(N)cc1C#N. The summed E-state index contributed by atoms with van der Waals surface area (Å²) in [6.45, 7) is 3.72. The predicted molar refractivity (Wildman–Crippen MR) is 81.0 cm³/mol. The topological polar surface area (TPSA) is 99.2 Å². The number of nitrogen functional groups attached to an aromatic ring is 1. The second-order valence-corrected chi connectivity index (χ2v) is 7.31. The van der Waals surface area contributed by atoms with Gasteiger partial charge in [-0.25, -0.2) is 13.1 Å². The van der Waals surface area contributed by atoms with Gasteiger partial charge in [0.2, 0.25) is 10.0 Å². The first-order chi connectivity index (χ1) is 9.83. The molecule has 1 saturated heterocycles. The Morgan fingerprint density at radius 1 is 1.48 bits per heavy atom. The standard InChI is InChI=1S/C14H20N4O2S/c1-10-9-18(2)6-5-13(10)17-21(19,20)14-4-3-12(16)7-11(14)8-15/h3-4,7,10,13,17H,5-6,9,16H2,1-2H3. The number of piperidine rings is 1. The van der Waals surface area contributed by atoms with Gasteiger partial charge in [0.25, 0.3) is 0 Å². The van der Waals surface area contributed by atoms with Gasteiger partial charge in [0.15, 0.2) is 0 Å². The molecule has 0 bridgehead atoms. The van der Waals surface area contributed by atoms with Crippen LogP contribution in [0.3, 0.4) is 0 Å². The first kappa shape index (κ1) is 15.8. The number of nitrogens with two attached hydrogens (primary N) is 1. The Balaban J connectivity index is 2.25. The molecule has 1 fully saturated rings. The highest BCUT2D eigenvalue weighted by molar-refractivity contribution is 7.89. The summed E-state index contributed by atoms with van der Waals surface area (Å²) in [4.78, 5) is 2.17. The van der Waals surface area contributed by atoms with Crippen LogP contribution in [-0.2, 0) is 10.0 Å². The molecule has 1 heterocycles. The molecule has 1 aliphatic rings. The molecular weight excluding hydrogens is 288 g/mol. The predicted octanol–water partition coefficient (Wildman–Crippen LogP) is 0.759. The molecule has 2 atom stereocenters. The van der Waals surface area contributed by atoms with Crippen LogP contribution in [0.2, 0.25) is 0 Å². The monoisotopic (exact) mass is 308 g/mol. The van der Waals surface area contributed by atoms with Crippen molar-refractivity contribution in [2.24, 2.45) is 5.92 Å². The van der Waals surface area contributed by atoms with E-state index in [0.717, 1.165) is 19.5 Å². The van der Waals surface area contributed by atoms with Crippen molar-refractivity contribution >= 4 is 15.7 Å². The molecule has 1 aliphatic heterocycles. The third-order valence-corrected chi connectivity index (χ3v) is 5.38. The smallest absolute Gasteiger partial charge is 0.242 e. The van der Waals surface area contributed by atoms with Crippen LogP contribution < -0.4 is 10.5 Å². The summed E-state index contributed by atoms with van der Waals surface area (Å²) in [5, 5.41) is 9.09. The second-order valence-electron chi connectivity index (χ2n) is 5.62. The van der Waals surface area contributed by atoms with Crippen molar-refractivity contribution < 1.29 is 8.42 Å². The van der Waals surface area contributed by atoms with Crippen molar-refractivity contribution in [3.05, 3.63) is 23.8 Å². The average molecular weight is 308 g/mol. The Hall–Kier alpha value is -1.62. The minimum absolute atomic E-state index is 0.00896. The van der Waals surface area contributed by atoms with Crippen LogP contribution in [0.15, 0.2) is 23.1 Å². The minimum Gasteiger partial charge on any atom is -0.399 e. The number of hydrogen-bond donors (Lipinski definition) is 2. The van der Waals surface area contributed by atoms with Gasteiger partial charge in [0.05, 0.1) is 10.5 Å². The summed E-state index contributed by atoms with van der Waals surface area (Å²) in [6.07, 6.45) is 0.758. The highest BCUT2D eigenvalue weighted by Crippen LogP contribution is 2.22. The van der Waals surface area contributed by atoms with E-state index in [-0.39, 0.29) is 22.4 Å². The highest BCUT2D eigenvalue weighted by atomic mass is 32.2. The van der Waals surface area contributed by atoms with Gasteiger partial charge in [-0.15, -0.1) is 0 Å². The maximum atomic E-state index is 12.5. The summed E-state index contributed by atoms with van der Waals surface area (Å²) in [7, 11) is -1.69. The number of nitrogens with zero attached hydrogens (tertiary/aromatic N) is 2. The van der Waals surface area contributed by atoms with E-state index in [4.69, 9.17) is 11.0 Å². The quantitative estimate of drug-likeness (QED) is 0.803. The Labute approximate surface area is 125 Å². The number of rotatable bonds is 3. The zero-order chi connectivity index (χ0) is 15.6. The molecule has 1 aromatic carbocycles. The molecule has 114 valence electrons. The molecule has 21 heavy (non-hydrogen) atoms. The van der Waals surface area contributed by atoms with Crippen LogP contribution in [0.4, 0.5) is 5.69 Å². The highest BCUT2D eigenvalue weighted by Gasteiger charge is 2.29. The number of hydrogen-bond acceptors (Lipinski definition) is 5. The van der Waals surface area contributed by atoms with Gasteiger partial charge >= 0.3 is 0 Å². The molecule has 0 aliphatic carbocycles. The van der Waals surface area contributed by atoms with Gasteiger partial charge in [-0.3, -0.25) is 0 Å². The van der Waals surface area contributed by atoms with Gasteiger partial charge in [-0.2, -0.15) is 5.26 Å². The molecule has 1 aromatic rings. The first-order valence-electron chi connectivity index (χ1n) is 6.84. The molecule has 0 spiro atoms. The Morgan fingerprint density at radius 3 is 2.81 bits per heavy atom. The van der Waals surface area contributed by atoms with Crippen LogP contribution in [0.1, 0.15) is 18.9 Å². The molecule has 7 heteroatoms. The zero-order valence-corrected chi connectivity index (χ0v) is 13.0. The van der Waals surface area contributed by atoms with Crippen molar-refractivity contribution in [2.75, 3.05) is 25.9 Å². The lowest BCUT2D eigenvalue weighted by Gasteiger charge is -2.35. The second kappa shape index (κ2) is 6.02. The molecule has 2 unspecified atom stereocenters. The maximum Gasteiger partial charge on any atom is 0.242 e. The van der Waals surface area contributed by atoms with E-state index < -0.39 is 10.0 Å². The van der Waals surface area contributed by atoms with E-state index in [1.165, 1.54) is 18.2 Å². The number of nitriles is 1. The number of nitrogens with one attached hydrogen (secondary N) is 1. The number of anilines is 1. The zero-order valence-electron chi connectivity index (χ0n) is 12.2. The number of sulfonamides is 1. The van der Waals surface area contributed by atoms with Crippen molar-refractivity contribution in [1.29, 1.82) is 5.26 Å². The van der Waals surface area contributed by atoms with Crippen molar-refractivity contribution in [2.45, 2.75) is 24.3 Å². The lowest BCUT2D eigenvalue weighted by Crippen LogP contribution is -2.48. The van der Waals surface area contributed by atoms with Gasteiger partial charge in [-0.1, -0.05) is 6.92 Å². The van der Waals surface area contributed by atoms with E-state index in [1.807, 2.05) is 20.0 Å². The summed E-state index contributed by atoms with van der Waals surface area (Å²) in [6, 6.07) is 6.04. The Kier molecular flexibility index (Phi) is 4.52. The molecule has 0 aromatic heterocycles. The third kappa shape index (κ3) is 3.53. The van der Waals surface area contributed by atoms with Crippen molar-refractivity contribution in [3.8, 4) is 6.07 Å². The van der Waals surface area contributed by atoms with E-state index in [0.29, 0.717) is 5.69 Å². The Bertz CT molecular complexity index is 666. The third-order valence-electron chi connectivity index (χ3n) is 3.83. The Morgan fingerprint density at radius 2 is 2.19 bits per heavy atom. The average Bonchev–Trinajstić information content (AvgIpc) is 2.41. The maximum absolute atomic E-state index is 12.5. The van der Waals surface area contributed by atoms with Gasteiger partial charge in [-0.05, 0) is 44.1 Å². The normalized spacial score (nSPS) is 23.7. The largest absolute Gasteiger partial charge is 0.399 e. The van der Waals surface area contributed by atoms with Crippen molar-refractivity contribution in [3.63, 3.8) is 0 Å². The van der Waals surface area contributed by atoms with Gasteiger partial charge in [0.1, 0.15) is 6.07 Å². The van der Waals surface area contributed by atoms with Crippen molar-refractivity contribution in [1.82, 2.24) is 9.62 Å². The molecule has 0 amide bonds. The van der Waals surface area contributed by atoms with Gasteiger partial charge < -0.3 is 10.6 Å². The van der Waals surface area contributed by atoms with Crippen LogP contribution in [0.5, 0.6) is 0 Å². The fourth-order valence-electron chi connectivity index (χ4n) is 2.66. The molecule has 2 rings (SSSR count). The lowest BCUT2D eigenvalue weighted by molar-refractivity contribution is 0.188. The van der Waals surface area contributed by atoms with Crippen LogP contribution >= 0.6 is 0 Å². The summed E-state index contributed by atoms with van der Waals surface area (Å²) in [5.74, 6) is 0.220. The summed E-state index contributed by atoms with van der Waals surface area (Å²) in [5.41, 5.74) is 6.04. The molecular formula is C14H20N4O2S. The minimum atomic E-state index is -3.72. The molecule has 0 radical (unpaired) electrons. The van der Waals surface area contributed by atoms with E-state index in [2.05, 4.69) is 9.62 Å².